The molecule has 3 aromatic rings. The number of thiophene rings is 1. The van der Waals surface area contributed by atoms with Crippen LogP contribution in [-0.4, -0.2) is 10.9 Å². The Balaban J connectivity index is 1.80. The van der Waals surface area contributed by atoms with Gasteiger partial charge in [-0.05, 0) is 48.2 Å². The average Bonchev–Trinajstić information content (AvgIpc) is 3.08. The zero-order valence-corrected chi connectivity index (χ0v) is 15.5. The number of pyridine rings is 1. The summed E-state index contributed by atoms with van der Waals surface area (Å²) in [5.41, 5.74) is 1.03. The number of H-pyrrole nitrogens is 1. The molecule has 2 heterocycles. The average molecular weight is 393 g/mol. The third-order valence-corrected chi connectivity index (χ3v) is 5.18. The Morgan fingerprint density at radius 3 is 2.64 bits per heavy atom. The van der Waals surface area contributed by atoms with Crippen molar-refractivity contribution < 1.29 is 4.79 Å². The van der Waals surface area contributed by atoms with Crippen molar-refractivity contribution in [3.63, 3.8) is 0 Å². The van der Waals surface area contributed by atoms with Crippen LogP contribution in [0.4, 0.5) is 0 Å². The second kappa shape index (κ2) is 7.44. The summed E-state index contributed by atoms with van der Waals surface area (Å²) in [4.78, 5) is 28.4. The van der Waals surface area contributed by atoms with Gasteiger partial charge < -0.3 is 10.3 Å². The maximum absolute atomic E-state index is 12.4. The van der Waals surface area contributed by atoms with Gasteiger partial charge in [0.1, 0.15) is 5.56 Å². The van der Waals surface area contributed by atoms with Crippen LogP contribution in [0.3, 0.4) is 0 Å². The lowest BCUT2D eigenvalue weighted by molar-refractivity contribution is 0.0938. The van der Waals surface area contributed by atoms with Gasteiger partial charge in [0.05, 0.1) is 16.6 Å². The van der Waals surface area contributed by atoms with E-state index in [0.29, 0.717) is 15.7 Å². The molecule has 0 fully saturated rings. The summed E-state index contributed by atoms with van der Waals surface area (Å²) >= 11 is 13.6. The van der Waals surface area contributed by atoms with Gasteiger partial charge in [-0.2, -0.15) is 0 Å². The van der Waals surface area contributed by atoms with E-state index in [0.717, 1.165) is 10.4 Å². The molecule has 25 heavy (non-hydrogen) atoms. The maximum atomic E-state index is 12.4. The van der Waals surface area contributed by atoms with Crippen molar-refractivity contribution in [1.82, 2.24) is 10.3 Å². The molecule has 2 aromatic heterocycles. The number of carbonyl (C=O) groups is 1. The molecular weight excluding hydrogens is 379 g/mol. The maximum Gasteiger partial charge on any atom is 0.261 e. The molecule has 0 aliphatic carbocycles. The molecule has 2 N–H and O–H groups in total. The summed E-state index contributed by atoms with van der Waals surface area (Å²) in [7, 11) is 0. The molecule has 1 amide bonds. The third-order valence-electron chi connectivity index (χ3n) is 3.72. The van der Waals surface area contributed by atoms with Gasteiger partial charge in [-0.25, -0.2) is 0 Å². The Kier molecular flexibility index (Phi) is 5.27. The predicted molar refractivity (Wildman–Crippen MR) is 103 cm³/mol. The fraction of sp³-hybridized carbons (Fsp3) is 0.111. The van der Waals surface area contributed by atoms with Crippen LogP contribution in [0, 0.1) is 0 Å². The Labute approximate surface area is 158 Å². The number of aromatic amines is 1. The van der Waals surface area contributed by atoms with Crippen molar-refractivity contribution >= 4 is 40.4 Å². The second-order valence-corrected chi connectivity index (χ2v) is 7.24. The highest BCUT2D eigenvalue weighted by atomic mass is 35.5. The van der Waals surface area contributed by atoms with Crippen molar-refractivity contribution in [1.29, 1.82) is 0 Å². The van der Waals surface area contributed by atoms with Gasteiger partial charge in [-0.15, -0.1) is 11.3 Å². The van der Waals surface area contributed by atoms with Crippen LogP contribution in [-0.2, 0) is 0 Å². The van der Waals surface area contributed by atoms with Gasteiger partial charge in [0.2, 0.25) is 0 Å². The molecule has 3 rings (SSSR count). The highest BCUT2D eigenvalue weighted by molar-refractivity contribution is 7.13. The number of amides is 1. The van der Waals surface area contributed by atoms with E-state index in [9.17, 15) is 9.59 Å². The largest absolute Gasteiger partial charge is 0.345 e. The molecule has 0 saturated carbocycles. The van der Waals surface area contributed by atoms with Gasteiger partial charge in [-0.3, -0.25) is 9.59 Å². The van der Waals surface area contributed by atoms with Crippen LogP contribution in [0.2, 0.25) is 10.0 Å². The minimum atomic E-state index is -0.461. The van der Waals surface area contributed by atoms with Crippen LogP contribution in [0.1, 0.15) is 28.9 Å². The summed E-state index contributed by atoms with van der Waals surface area (Å²) < 4.78 is 0. The number of carbonyl (C=O) groups excluding carboxylic acids is 1. The molecule has 128 valence electrons. The Bertz CT molecular complexity index is 967. The van der Waals surface area contributed by atoms with Crippen LogP contribution >= 0.6 is 34.5 Å². The molecule has 0 aliphatic rings. The Morgan fingerprint density at radius 2 is 2.00 bits per heavy atom. The summed E-state index contributed by atoms with van der Waals surface area (Å²) in [6.45, 7) is 1.79. The van der Waals surface area contributed by atoms with Crippen molar-refractivity contribution in [3.8, 4) is 10.6 Å². The van der Waals surface area contributed by atoms with Gasteiger partial charge >= 0.3 is 0 Å². The number of hydrogen-bond donors (Lipinski definition) is 2. The van der Waals surface area contributed by atoms with Crippen molar-refractivity contribution in [3.05, 3.63) is 79.4 Å². The number of halogens is 2. The minimum Gasteiger partial charge on any atom is -0.345 e. The van der Waals surface area contributed by atoms with E-state index >= 15 is 0 Å². The molecule has 4 nitrogen and oxygen atoms in total. The van der Waals surface area contributed by atoms with E-state index in [1.54, 1.807) is 31.2 Å². The molecule has 1 aromatic carbocycles. The van der Waals surface area contributed by atoms with Gasteiger partial charge in [0.15, 0.2) is 0 Å². The number of rotatable bonds is 4. The minimum absolute atomic E-state index is 0.0530. The monoisotopic (exact) mass is 392 g/mol. The van der Waals surface area contributed by atoms with Gasteiger partial charge in [-0.1, -0.05) is 35.3 Å². The predicted octanol–water partition coefficient (Wildman–Crippen LogP) is 4.90. The van der Waals surface area contributed by atoms with Crippen LogP contribution in [0.5, 0.6) is 0 Å². The highest BCUT2D eigenvalue weighted by Gasteiger charge is 2.17. The van der Waals surface area contributed by atoms with E-state index in [2.05, 4.69) is 10.3 Å². The number of aromatic nitrogens is 1. The molecule has 0 bridgehead atoms. The molecule has 0 radical (unpaired) electrons. The van der Waals surface area contributed by atoms with E-state index in [1.807, 2.05) is 17.5 Å². The molecule has 0 aliphatic heterocycles. The van der Waals surface area contributed by atoms with Gasteiger partial charge in [0, 0.05) is 10.0 Å². The normalized spacial score (nSPS) is 12.0. The standard InChI is InChI=1S/C18H14Cl2N2O2S/c1-10(12-5-4-11(19)9-14(12)20)21-17(23)13-6-7-15(22-18(13)24)16-3-2-8-25-16/h2-10H,1H3,(H,21,23)(H,22,24). The fourth-order valence-corrected chi connectivity index (χ4v) is 3.71. The first-order valence-electron chi connectivity index (χ1n) is 7.48. The highest BCUT2D eigenvalue weighted by Crippen LogP contribution is 2.26. The lowest BCUT2D eigenvalue weighted by Crippen LogP contribution is -2.31. The molecule has 7 heteroatoms. The molecule has 0 spiro atoms. The SMILES string of the molecule is CC(NC(=O)c1ccc(-c2cccs2)[nH]c1=O)c1ccc(Cl)cc1Cl. The van der Waals surface area contributed by atoms with Crippen LogP contribution in [0.15, 0.2) is 52.6 Å². The Hall–Kier alpha value is -2.08. The van der Waals surface area contributed by atoms with E-state index in [1.165, 1.54) is 17.4 Å². The quantitative estimate of drug-likeness (QED) is 0.662. The zero-order valence-electron chi connectivity index (χ0n) is 13.2. The van der Waals surface area contributed by atoms with E-state index in [4.69, 9.17) is 23.2 Å². The summed E-state index contributed by atoms with van der Waals surface area (Å²) in [5, 5.41) is 5.69. The van der Waals surface area contributed by atoms with Gasteiger partial charge in [0.25, 0.3) is 11.5 Å². The second-order valence-electron chi connectivity index (χ2n) is 5.45. The fourth-order valence-electron chi connectivity index (χ4n) is 2.43. The number of benzene rings is 1. The smallest absolute Gasteiger partial charge is 0.261 e. The van der Waals surface area contributed by atoms with Crippen LogP contribution < -0.4 is 10.9 Å². The van der Waals surface area contributed by atoms with Crippen molar-refractivity contribution in [2.24, 2.45) is 0 Å². The lowest BCUT2D eigenvalue weighted by Gasteiger charge is -2.16. The summed E-state index contributed by atoms with van der Waals surface area (Å²) in [5.74, 6) is -0.461. The lowest BCUT2D eigenvalue weighted by atomic mass is 10.1. The van der Waals surface area contributed by atoms with E-state index in [-0.39, 0.29) is 11.6 Å². The molecular formula is C18H14Cl2N2O2S. The number of nitrogens with one attached hydrogen (secondary N) is 2. The molecule has 1 unspecified atom stereocenters. The first-order valence-corrected chi connectivity index (χ1v) is 9.12. The van der Waals surface area contributed by atoms with Crippen molar-refractivity contribution in [2.75, 3.05) is 0 Å². The zero-order chi connectivity index (χ0) is 18.0. The summed E-state index contributed by atoms with van der Waals surface area (Å²) in [6.07, 6.45) is 0. The van der Waals surface area contributed by atoms with Crippen molar-refractivity contribution in [2.45, 2.75) is 13.0 Å². The third kappa shape index (κ3) is 3.95. The first-order chi connectivity index (χ1) is 12.0. The van der Waals surface area contributed by atoms with E-state index < -0.39 is 11.5 Å². The van der Waals surface area contributed by atoms with Crippen LogP contribution in [0.25, 0.3) is 10.6 Å². The molecule has 0 saturated heterocycles. The summed E-state index contributed by atoms with van der Waals surface area (Å²) in [6, 6.07) is 11.8. The first kappa shape index (κ1) is 17.7. The topological polar surface area (TPSA) is 62.0 Å². The number of hydrogen-bond acceptors (Lipinski definition) is 3. The molecule has 1 atom stereocenters. The Morgan fingerprint density at radius 1 is 1.20 bits per heavy atom.